The molecule has 3 aliphatic heterocycles. The molecule has 11 nitrogen and oxygen atoms in total. The number of likely N-dealkylation sites (N-methyl/N-ethyl adjacent to an activating group) is 1. The number of morpholine rings is 1. The van der Waals surface area contributed by atoms with Crippen LogP contribution in [-0.2, 0) is 29.5 Å². The first-order valence-electron chi connectivity index (χ1n) is 10.0. The summed E-state index contributed by atoms with van der Waals surface area (Å²) in [7, 11) is 4.49. The molecule has 14 heteroatoms. The Kier molecular flexibility index (Phi) is 10.2. The molecule has 5 heterocycles. The summed E-state index contributed by atoms with van der Waals surface area (Å²) in [5.41, 5.74) is -1.72. The summed E-state index contributed by atoms with van der Waals surface area (Å²) in [6, 6.07) is 8.01. The second-order valence-corrected chi connectivity index (χ2v) is 10.5. The molecule has 3 saturated heterocycles. The fourth-order valence-electron chi connectivity index (χ4n) is 4.83. The van der Waals surface area contributed by atoms with Gasteiger partial charge in [-0.1, -0.05) is 12.1 Å². The van der Waals surface area contributed by atoms with Gasteiger partial charge in [0.1, 0.15) is 30.4 Å². The van der Waals surface area contributed by atoms with Gasteiger partial charge < -0.3 is 40.2 Å². The Morgan fingerprint density at radius 3 is 1.74 bits per heavy atom. The van der Waals surface area contributed by atoms with E-state index < -0.39 is 23.5 Å². The maximum Gasteiger partial charge on any atom is 0.414 e. The zero-order valence-corrected chi connectivity index (χ0v) is 22.2. The van der Waals surface area contributed by atoms with Crippen molar-refractivity contribution < 1.29 is 54.6 Å². The predicted molar refractivity (Wildman–Crippen MR) is 132 cm³/mol. The van der Waals surface area contributed by atoms with Gasteiger partial charge >= 0.3 is 17.9 Å². The molecular formula is C21H29BrNO10S2+. The highest BCUT2D eigenvalue weighted by Crippen LogP contribution is 2.52. The molecule has 196 valence electrons. The molecule has 5 rings (SSSR count). The van der Waals surface area contributed by atoms with Crippen molar-refractivity contribution in [1.29, 1.82) is 0 Å². The Hall–Kier alpha value is -1.91. The Morgan fingerprint density at radius 2 is 1.40 bits per heavy atom. The first-order chi connectivity index (χ1) is 15.1. The van der Waals surface area contributed by atoms with E-state index in [1.54, 1.807) is 12.1 Å². The first-order valence-corrected chi connectivity index (χ1v) is 11.8. The predicted octanol–water partition coefficient (Wildman–Crippen LogP) is 0.430. The number of esters is 1. The maximum atomic E-state index is 13.1. The number of thiophene rings is 2. The lowest BCUT2D eigenvalue weighted by Gasteiger charge is -2.45. The van der Waals surface area contributed by atoms with Gasteiger partial charge in [-0.05, 0) is 22.9 Å². The Morgan fingerprint density at radius 1 is 0.971 bits per heavy atom. The van der Waals surface area contributed by atoms with Gasteiger partial charge in [-0.15, -0.1) is 39.7 Å². The quantitative estimate of drug-likeness (QED) is 0.195. The summed E-state index contributed by atoms with van der Waals surface area (Å²) in [5, 5.41) is 29.9. The Balaban J connectivity index is 0.000000614. The smallest absolute Gasteiger partial charge is 0.414 e. The Labute approximate surface area is 219 Å². The second kappa shape index (κ2) is 11.4. The molecule has 0 amide bonds. The number of ether oxygens (including phenoxy) is 2. The standard InChI is InChI=1S/C19H22NO4S2.C2H2O4.BrH.2H2O/c1-20(2)12-9-11(10-13(20)17-16(12)24-17)23-18(21)19(22,14-5-3-7-25-14)15-6-4-8-26-15;3-1(4)2(5)6;;;/h3-8,11-13,16-17,22H,9-10H2,1-2H3;(H,3,4)(H,5,6);1H;2*1H2/q+1;;;;/t11?,12-,13+,16-,17+;;;;. The molecule has 35 heavy (non-hydrogen) atoms. The third-order valence-corrected chi connectivity index (χ3v) is 8.50. The van der Waals surface area contributed by atoms with E-state index in [0.29, 0.717) is 34.0 Å². The van der Waals surface area contributed by atoms with Gasteiger partial charge in [0.15, 0.2) is 0 Å². The molecule has 0 aliphatic carbocycles. The highest BCUT2D eigenvalue weighted by atomic mass is 79.9. The highest BCUT2D eigenvalue weighted by molar-refractivity contribution is 8.93. The third-order valence-electron chi connectivity index (χ3n) is 6.55. The van der Waals surface area contributed by atoms with Crippen LogP contribution in [0.1, 0.15) is 22.6 Å². The number of hydrogen-bond donors (Lipinski definition) is 3. The average molecular weight is 599 g/mol. The summed E-state index contributed by atoms with van der Waals surface area (Å²) in [6.07, 6.45) is 2.05. The van der Waals surface area contributed by atoms with E-state index in [1.807, 2.05) is 22.9 Å². The van der Waals surface area contributed by atoms with E-state index in [0.717, 1.165) is 17.3 Å². The fourth-order valence-corrected chi connectivity index (χ4v) is 6.54. The maximum absolute atomic E-state index is 13.1. The van der Waals surface area contributed by atoms with Crippen molar-refractivity contribution in [3.63, 3.8) is 0 Å². The van der Waals surface area contributed by atoms with Gasteiger partial charge in [-0.25, -0.2) is 14.4 Å². The van der Waals surface area contributed by atoms with Crippen LogP contribution in [0.5, 0.6) is 0 Å². The van der Waals surface area contributed by atoms with Crippen molar-refractivity contribution in [2.45, 2.75) is 48.8 Å². The number of fused-ring (bicyclic) bond motifs is 5. The van der Waals surface area contributed by atoms with Gasteiger partial charge in [0.25, 0.3) is 0 Å². The van der Waals surface area contributed by atoms with Crippen LogP contribution in [-0.4, -0.2) is 93.2 Å². The molecular weight excluding hydrogens is 570 g/mol. The Bertz CT molecular complexity index is 947. The average Bonchev–Trinajstić information content (AvgIpc) is 3.10. The number of carboxylic acid groups (broad SMARTS) is 2. The number of quaternary nitrogens is 1. The van der Waals surface area contributed by atoms with Gasteiger partial charge in [0, 0.05) is 12.8 Å². The lowest BCUT2D eigenvalue weighted by molar-refractivity contribution is -0.938. The molecule has 2 aromatic rings. The van der Waals surface area contributed by atoms with E-state index in [-0.39, 0.29) is 34.0 Å². The monoisotopic (exact) mass is 598 g/mol. The number of nitrogens with zero attached hydrogens (tertiary/aromatic N) is 1. The zero-order chi connectivity index (χ0) is 23.3. The third kappa shape index (κ3) is 5.59. The number of aliphatic carboxylic acids is 2. The molecule has 2 aromatic heterocycles. The lowest BCUT2D eigenvalue weighted by Crippen LogP contribution is -2.60. The van der Waals surface area contributed by atoms with Crippen molar-refractivity contribution in [2.24, 2.45) is 0 Å². The number of rotatable bonds is 4. The van der Waals surface area contributed by atoms with Crippen LogP contribution < -0.4 is 0 Å². The summed E-state index contributed by atoms with van der Waals surface area (Å²) >= 11 is 2.74. The van der Waals surface area contributed by atoms with E-state index in [2.05, 4.69) is 14.1 Å². The molecule has 3 aliphatic rings. The van der Waals surface area contributed by atoms with Crippen molar-refractivity contribution in [2.75, 3.05) is 14.1 Å². The lowest BCUT2D eigenvalue weighted by atomic mass is 9.95. The number of halogens is 1. The van der Waals surface area contributed by atoms with E-state index in [9.17, 15) is 9.90 Å². The molecule has 1 unspecified atom stereocenters. The number of aliphatic hydroxyl groups is 1. The molecule has 5 atom stereocenters. The number of carbonyl (C=O) groups excluding carboxylic acids is 1. The van der Waals surface area contributed by atoms with Crippen molar-refractivity contribution in [1.82, 2.24) is 0 Å². The van der Waals surface area contributed by atoms with Crippen LogP contribution in [0.15, 0.2) is 35.0 Å². The van der Waals surface area contributed by atoms with E-state index in [1.165, 1.54) is 22.7 Å². The van der Waals surface area contributed by atoms with Crippen LogP contribution in [0, 0.1) is 0 Å². The SMILES string of the molecule is Br.C[N+]1(C)[C@@H]2CC(OC(=O)C(O)(c3cccs3)c3cccs3)C[C@H]1[C@@H]1O[C@@H]12.O.O.O=C(O)C(=O)O. The largest absolute Gasteiger partial charge is 0.473 e. The number of carbonyl (C=O) groups is 3. The number of epoxide rings is 1. The van der Waals surface area contributed by atoms with Crippen LogP contribution >= 0.6 is 39.7 Å². The minimum atomic E-state index is -1.82. The van der Waals surface area contributed by atoms with Crippen LogP contribution in [0.3, 0.4) is 0 Å². The fraction of sp³-hybridized carbons (Fsp3) is 0.476. The summed E-state index contributed by atoms with van der Waals surface area (Å²) in [6.45, 7) is 0. The number of piperidine rings is 1. The topological polar surface area (TPSA) is 197 Å². The molecule has 3 fully saturated rings. The molecule has 0 radical (unpaired) electrons. The summed E-state index contributed by atoms with van der Waals surface area (Å²) in [5.74, 6) is -4.21. The van der Waals surface area contributed by atoms with Crippen molar-refractivity contribution >= 4 is 57.6 Å². The first kappa shape index (κ1) is 31.1. The van der Waals surface area contributed by atoms with Crippen molar-refractivity contribution in [3.8, 4) is 0 Å². The molecule has 7 N–H and O–H groups in total. The summed E-state index contributed by atoms with van der Waals surface area (Å²) in [4.78, 5) is 32.5. The molecule has 2 bridgehead atoms. The zero-order valence-electron chi connectivity index (χ0n) is 18.8. The van der Waals surface area contributed by atoms with Gasteiger partial charge in [0.05, 0.1) is 23.8 Å². The van der Waals surface area contributed by atoms with Crippen LogP contribution in [0.2, 0.25) is 0 Å². The summed E-state index contributed by atoms with van der Waals surface area (Å²) < 4.78 is 12.6. The van der Waals surface area contributed by atoms with Crippen LogP contribution in [0.25, 0.3) is 0 Å². The molecule has 0 spiro atoms. The number of carboxylic acids is 2. The molecule has 0 aromatic carbocycles. The minimum Gasteiger partial charge on any atom is -0.473 e. The minimum absolute atomic E-state index is 0. The van der Waals surface area contributed by atoms with E-state index >= 15 is 0 Å². The van der Waals surface area contributed by atoms with E-state index in [4.69, 9.17) is 29.3 Å². The van der Waals surface area contributed by atoms with Crippen molar-refractivity contribution in [3.05, 3.63) is 44.8 Å². The van der Waals surface area contributed by atoms with Gasteiger partial charge in [-0.2, -0.15) is 0 Å². The van der Waals surface area contributed by atoms with Gasteiger partial charge in [-0.3, -0.25) is 0 Å². The number of hydrogen-bond acceptors (Lipinski definition) is 8. The van der Waals surface area contributed by atoms with Crippen LogP contribution in [0.4, 0.5) is 0 Å². The second-order valence-electron chi connectivity index (χ2n) is 8.60. The van der Waals surface area contributed by atoms with Gasteiger partial charge in [0.2, 0.25) is 5.60 Å². The highest BCUT2D eigenvalue weighted by Gasteiger charge is 2.71. The normalized spacial score (nSPS) is 26.8. The molecule has 0 saturated carbocycles.